The van der Waals surface area contributed by atoms with Crippen molar-refractivity contribution in [2.75, 3.05) is 26.4 Å². The number of anilines is 1. The first-order valence-corrected chi connectivity index (χ1v) is 4.71. The molecule has 3 N–H and O–H groups in total. The normalized spacial score (nSPS) is 9.94. The summed E-state index contributed by atoms with van der Waals surface area (Å²) in [5.41, 5.74) is 6.08. The number of nitrogens with two attached hydrogens (primary N) is 1. The summed E-state index contributed by atoms with van der Waals surface area (Å²) in [4.78, 5) is 24.2. The molecule has 1 heterocycles. The summed E-state index contributed by atoms with van der Waals surface area (Å²) >= 11 is 0. The van der Waals surface area contributed by atoms with Gasteiger partial charge in [-0.3, -0.25) is 14.3 Å². The van der Waals surface area contributed by atoms with E-state index in [2.05, 4.69) is 10.4 Å². The highest BCUT2D eigenvalue weighted by atomic mass is 16.2. The number of nitrogen functional groups attached to an aromatic ring is 1. The largest absolute Gasteiger partial charge is 0.396 e. The molecule has 1 rings (SSSR count). The van der Waals surface area contributed by atoms with Gasteiger partial charge in [0.25, 0.3) is 5.91 Å². The van der Waals surface area contributed by atoms with Crippen molar-refractivity contribution in [3.05, 3.63) is 11.9 Å². The molecule has 0 unspecified atom stereocenters. The lowest BCUT2D eigenvalue weighted by molar-refractivity contribution is -0.121. The van der Waals surface area contributed by atoms with Crippen molar-refractivity contribution in [3.63, 3.8) is 0 Å². The minimum Gasteiger partial charge on any atom is -0.396 e. The molecule has 1 aromatic heterocycles. The van der Waals surface area contributed by atoms with Crippen LogP contribution in [0.2, 0.25) is 0 Å². The third-order valence-electron chi connectivity index (χ3n) is 2.07. The minimum absolute atomic E-state index is 0.0225. The summed E-state index contributed by atoms with van der Waals surface area (Å²) < 4.78 is 1.45. The van der Waals surface area contributed by atoms with Crippen molar-refractivity contribution in [2.24, 2.45) is 7.05 Å². The molecule has 7 heteroatoms. The van der Waals surface area contributed by atoms with Gasteiger partial charge in [-0.15, -0.1) is 0 Å². The Balaban J connectivity index is 2.78. The second-order valence-electron chi connectivity index (χ2n) is 3.44. The van der Waals surface area contributed by atoms with E-state index in [0.29, 0.717) is 5.69 Å². The lowest BCUT2D eigenvalue weighted by Gasteiger charge is -2.14. The molecule has 88 valence electrons. The van der Waals surface area contributed by atoms with Crippen LogP contribution in [-0.4, -0.2) is 47.1 Å². The van der Waals surface area contributed by atoms with Gasteiger partial charge in [0.1, 0.15) is 0 Å². The van der Waals surface area contributed by atoms with E-state index in [1.54, 1.807) is 13.2 Å². The van der Waals surface area contributed by atoms with E-state index in [0.717, 1.165) is 0 Å². The van der Waals surface area contributed by atoms with Crippen molar-refractivity contribution < 1.29 is 9.59 Å². The predicted molar refractivity (Wildman–Crippen MR) is 58.6 cm³/mol. The molecule has 16 heavy (non-hydrogen) atoms. The molecule has 0 aliphatic carbocycles. The summed E-state index contributed by atoms with van der Waals surface area (Å²) in [6, 6.07) is 0. The summed E-state index contributed by atoms with van der Waals surface area (Å²) in [6.07, 6.45) is 1.54. The fraction of sp³-hybridized carbons (Fsp3) is 0.444. The van der Waals surface area contributed by atoms with Crippen LogP contribution < -0.4 is 11.1 Å². The van der Waals surface area contributed by atoms with Crippen LogP contribution in [0.1, 0.15) is 10.5 Å². The molecule has 0 aromatic carbocycles. The number of aryl methyl sites for hydroxylation is 1. The van der Waals surface area contributed by atoms with Crippen LogP contribution in [0.15, 0.2) is 6.20 Å². The number of likely N-dealkylation sites (N-methyl/N-ethyl adjacent to an activating group) is 2. The average molecular weight is 225 g/mol. The van der Waals surface area contributed by atoms with Crippen LogP contribution in [0.3, 0.4) is 0 Å². The molecular formula is C9H15N5O2. The molecule has 7 nitrogen and oxygen atoms in total. The number of hydrogen-bond acceptors (Lipinski definition) is 4. The first-order valence-electron chi connectivity index (χ1n) is 4.71. The van der Waals surface area contributed by atoms with Crippen LogP contribution in [0.4, 0.5) is 5.69 Å². The zero-order valence-corrected chi connectivity index (χ0v) is 9.52. The van der Waals surface area contributed by atoms with Crippen LogP contribution in [0.25, 0.3) is 0 Å². The number of hydrogen-bond donors (Lipinski definition) is 2. The molecule has 1 aromatic rings. The van der Waals surface area contributed by atoms with Gasteiger partial charge in [-0.2, -0.15) is 5.10 Å². The van der Waals surface area contributed by atoms with E-state index in [-0.39, 0.29) is 24.1 Å². The number of nitrogens with zero attached hydrogens (tertiary/aromatic N) is 3. The summed E-state index contributed by atoms with van der Waals surface area (Å²) in [5, 5.41) is 6.37. The lowest BCUT2D eigenvalue weighted by Crippen LogP contribution is -2.37. The van der Waals surface area contributed by atoms with Crippen molar-refractivity contribution in [2.45, 2.75) is 0 Å². The number of carbonyl (C=O) groups excluding carboxylic acids is 2. The van der Waals surface area contributed by atoms with Gasteiger partial charge in [-0.1, -0.05) is 0 Å². The van der Waals surface area contributed by atoms with E-state index in [1.807, 2.05) is 0 Å². The van der Waals surface area contributed by atoms with E-state index in [4.69, 9.17) is 5.73 Å². The molecule has 2 amide bonds. The van der Waals surface area contributed by atoms with E-state index in [1.165, 1.54) is 23.7 Å². The molecule has 0 radical (unpaired) electrons. The Hall–Kier alpha value is -2.05. The van der Waals surface area contributed by atoms with Crippen molar-refractivity contribution in [1.29, 1.82) is 0 Å². The van der Waals surface area contributed by atoms with Gasteiger partial charge in [0, 0.05) is 27.3 Å². The molecule has 0 saturated heterocycles. The van der Waals surface area contributed by atoms with Gasteiger partial charge < -0.3 is 16.0 Å². The maximum atomic E-state index is 11.8. The first kappa shape index (κ1) is 12.0. The quantitative estimate of drug-likeness (QED) is 0.677. The van der Waals surface area contributed by atoms with Gasteiger partial charge in [-0.05, 0) is 0 Å². The molecule has 0 saturated carbocycles. The van der Waals surface area contributed by atoms with E-state index < -0.39 is 0 Å². The van der Waals surface area contributed by atoms with Crippen LogP contribution in [-0.2, 0) is 11.8 Å². The highest BCUT2D eigenvalue weighted by molar-refractivity contribution is 5.98. The number of carbonyl (C=O) groups is 2. The molecule has 0 spiro atoms. The number of amides is 2. The summed E-state index contributed by atoms with van der Waals surface area (Å²) in [6.45, 7) is -0.0225. The Labute approximate surface area is 93.2 Å². The Morgan fingerprint density at radius 3 is 2.69 bits per heavy atom. The monoisotopic (exact) mass is 225 g/mol. The lowest BCUT2D eigenvalue weighted by atomic mass is 10.3. The second kappa shape index (κ2) is 4.65. The third kappa shape index (κ3) is 2.50. The molecule has 0 atom stereocenters. The smallest absolute Gasteiger partial charge is 0.276 e. The van der Waals surface area contributed by atoms with Gasteiger partial charge in [0.2, 0.25) is 5.91 Å². The maximum absolute atomic E-state index is 11.8. The average Bonchev–Trinajstić information content (AvgIpc) is 2.56. The van der Waals surface area contributed by atoms with Crippen LogP contribution >= 0.6 is 0 Å². The SMILES string of the molecule is CNC(=O)CN(C)C(=O)c1nn(C)cc1N. The molecule has 0 bridgehead atoms. The van der Waals surface area contributed by atoms with Gasteiger partial charge in [0.15, 0.2) is 5.69 Å². The fourth-order valence-electron chi connectivity index (χ4n) is 1.22. The van der Waals surface area contributed by atoms with Gasteiger partial charge in [-0.25, -0.2) is 0 Å². The zero-order valence-electron chi connectivity index (χ0n) is 9.52. The van der Waals surface area contributed by atoms with Crippen molar-refractivity contribution in [3.8, 4) is 0 Å². The Morgan fingerprint density at radius 2 is 2.25 bits per heavy atom. The van der Waals surface area contributed by atoms with E-state index >= 15 is 0 Å². The maximum Gasteiger partial charge on any atom is 0.276 e. The van der Waals surface area contributed by atoms with Gasteiger partial charge >= 0.3 is 0 Å². The number of aromatic nitrogens is 2. The first-order chi connectivity index (χ1) is 7.45. The topological polar surface area (TPSA) is 93.2 Å². The highest BCUT2D eigenvalue weighted by Crippen LogP contribution is 2.10. The predicted octanol–water partition coefficient (Wildman–Crippen LogP) is -1.18. The number of nitrogens with one attached hydrogen (secondary N) is 1. The highest BCUT2D eigenvalue weighted by Gasteiger charge is 2.19. The summed E-state index contributed by atoms with van der Waals surface area (Å²) in [5.74, 6) is -0.618. The Kier molecular flexibility index (Phi) is 3.49. The van der Waals surface area contributed by atoms with Gasteiger partial charge in [0.05, 0.1) is 12.2 Å². The van der Waals surface area contributed by atoms with E-state index in [9.17, 15) is 9.59 Å². The Bertz CT molecular complexity index is 412. The molecule has 0 aliphatic heterocycles. The standard InChI is InChI=1S/C9H15N5O2/c1-11-7(15)5-13(2)9(16)8-6(10)4-14(3)12-8/h4H,5,10H2,1-3H3,(H,11,15). The zero-order chi connectivity index (χ0) is 12.3. The van der Waals surface area contributed by atoms with Crippen molar-refractivity contribution in [1.82, 2.24) is 20.0 Å². The second-order valence-corrected chi connectivity index (χ2v) is 3.44. The molecule has 0 aliphatic rings. The van der Waals surface area contributed by atoms with Crippen LogP contribution in [0.5, 0.6) is 0 Å². The Morgan fingerprint density at radius 1 is 1.62 bits per heavy atom. The van der Waals surface area contributed by atoms with Crippen LogP contribution in [0, 0.1) is 0 Å². The molecule has 0 fully saturated rings. The summed E-state index contributed by atoms with van der Waals surface area (Å²) in [7, 11) is 4.70. The minimum atomic E-state index is -0.373. The van der Waals surface area contributed by atoms with Crippen molar-refractivity contribution >= 4 is 17.5 Å². The number of rotatable bonds is 3. The third-order valence-corrected chi connectivity index (χ3v) is 2.07. The molecular weight excluding hydrogens is 210 g/mol. The fourth-order valence-corrected chi connectivity index (χ4v) is 1.22.